The van der Waals surface area contributed by atoms with Gasteiger partial charge in [-0.1, -0.05) is 0 Å². The minimum Gasteiger partial charge on any atom is -0.378 e. The molecule has 3 heterocycles. The Morgan fingerprint density at radius 1 is 1.35 bits per heavy atom. The fraction of sp³-hybridized carbons (Fsp3) is 0.750. The van der Waals surface area contributed by atoms with Crippen LogP contribution in [0.15, 0.2) is 0 Å². The molecule has 1 aromatic rings. The number of aromatic nitrogens is 2. The Hall–Kier alpha value is -1.60. The SMILES string of the molecule is Cc1nn(C)c(N2CCOCC2)c1CN[C@H]1CCCCNC1=O. The van der Waals surface area contributed by atoms with Crippen molar-refractivity contribution in [1.82, 2.24) is 20.4 Å². The number of rotatable bonds is 4. The average molecular weight is 321 g/mol. The lowest BCUT2D eigenvalue weighted by Crippen LogP contribution is -2.43. The molecule has 7 heteroatoms. The Morgan fingerprint density at radius 3 is 2.91 bits per heavy atom. The third kappa shape index (κ3) is 3.67. The molecule has 128 valence electrons. The Kier molecular flexibility index (Phi) is 5.17. The minimum atomic E-state index is -0.102. The van der Waals surface area contributed by atoms with E-state index in [0.29, 0.717) is 6.54 Å². The maximum absolute atomic E-state index is 12.1. The average Bonchev–Trinajstić information content (AvgIpc) is 2.70. The summed E-state index contributed by atoms with van der Waals surface area (Å²) in [6, 6.07) is -0.102. The summed E-state index contributed by atoms with van der Waals surface area (Å²) in [5.41, 5.74) is 2.21. The van der Waals surface area contributed by atoms with Gasteiger partial charge in [-0.3, -0.25) is 9.48 Å². The molecule has 0 aromatic carbocycles. The normalized spacial score (nSPS) is 22.8. The summed E-state index contributed by atoms with van der Waals surface area (Å²) in [6.45, 7) is 6.77. The Morgan fingerprint density at radius 2 is 2.13 bits per heavy atom. The largest absolute Gasteiger partial charge is 0.378 e. The topological polar surface area (TPSA) is 71.4 Å². The molecule has 7 nitrogen and oxygen atoms in total. The molecule has 2 aliphatic rings. The number of anilines is 1. The number of carbonyl (C=O) groups is 1. The van der Waals surface area contributed by atoms with E-state index in [0.717, 1.165) is 63.6 Å². The van der Waals surface area contributed by atoms with Crippen LogP contribution in [0.1, 0.15) is 30.5 Å². The van der Waals surface area contributed by atoms with Crippen molar-refractivity contribution in [1.29, 1.82) is 0 Å². The van der Waals surface area contributed by atoms with Crippen LogP contribution in [0.2, 0.25) is 0 Å². The lowest BCUT2D eigenvalue weighted by Gasteiger charge is -2.30. The van der Waals surface area contributed by atoms with Crippen molar-refractivity contribution < 1.29 is 9.53 Å². The van der Waals surface area contributed by atoms with E-state index >= 15 is 0 Å². The lowest BCUT2D eigenvalue weighted by molar-refractivity contribution is -0.122. The van der Waals surface area contributed by atoms with Gasteiger partial charge in [0, 0.05) is 38.8 Å². The van der Waals surface area contributed by atoms with Crippen LogP contribution in [0.3, 0.4) is 0 Å². The monoisotopic (exact) mass is 321 g/mol. The molecule has 2 saturated heterocycles. The van der Waals surface area contributed by atoms with Gasteiger partial charge in [0.25, 0.3) is 0 Å². The van der Waals surface area contributed by atoms with Gasteiger partial charge < -0.3 is 20.3 Å². The van der Waals surface area contributed by atoms with Crippen molar-refractivity contribution >= 4 is 11.7 Å². The summed E-state index contributed by atoms with van der Waals surface area (Å²) in [5.74, 6) is 1.27. The molecule has 2 aliphatic heterocycles. The number of aryl methyl sites for hydroxylation is 2. The van der Waals surface area contributed by atoms with E-state index in [-0.39, 0.29) is 11.9 Å². The molecule has 2 N–H and O–H groups in total. The van der Waals surface area contributed by atoms with Crippen molar-refractivity contribution in [2.75, 3.05) is 37.7 Å². The van der Waals surface area contributed by atoms with E-state index < -0.39 is 0 Å². The molecule has 0 spiro atoms. The van der Waals surface area contributed by atoms with E-state index in [4.69, 9.17) is 4.74 Å². The molecule has 1 atom stereocenters. The second-order valence-electron chi connectivity index (χ2n) is 6.33. The molecule has 3 rings (SSSR count). The van der Waals surface area contributed by atoms with Crippen molar-refractivity contribution in [3.8, 4) is 0 Å². The lowest BCUT2D eigenvalue weighted by atomic mass is 10.1. The molecular formula is C16H27N5O2. The molecule has 23 heavy (non-hydrogen) atoms. The second kappa shape index (κ2) is 7.31. The zero-order valence-electron chi connectivity index (χ0n) is 14.1. The van der Waals surface area contributed by atoms with Gasteiger partial charge >= 0.3 is 0 Å². The Labute approximate surface area is 137 Å². The number of hydrogen-bond donors (Lipinski definition) is 2. The summed E-state index contributed by atoms with van der Waals surface area (Å²) in [6.07, 6.45) is 3.05. The maximum atomic E-state index is 12.1. The van der Waals surface area contributed by atoms with Gasteiger partial charge in [0.15, 0.2) is 0 Å². The number of nitrogens with zero attached hydrogens (tertiary/aromatic N) is 3. The Bertz CT molecular complexity index is 551. The quantitative estimate of drug-likeness (QED) is 0.836. The van der Waals surface area contributed by atoms with Crippen LogP contribution >= 0.6 is 0 Å². The minimum absolute atomic E-state index is 0.102. The number of morpholine rings is 1. The van der Waals surface area contributed by atoms with E-state index in [1.165, 1.54) is 5.56 Å². The van der Waals surface area contributed by atoms with Crippen LogP contribution in [0.4, 0.5) is 5.82 Å². The molecule has 2 fully saturated rings. The first kappa shape index (κ1) is 16.3. The van der Waals surface area contributed by atoms with Gasteiger partial charge in [0.1, 0.15) is 5.82 Å². The number of nitrogens with one attached hydrogen (secondary N) is 2. The third-order valence-electron chi connectivity index (χ3n) is 4.68. The van der Waals surface area contributed by atoms with Crippen molar-refractivity contribution in [3.05, 3.63) is 11.3 Å². The number of carbonyl (C=O) groups excluding carboxylic acids is 1. The third-order valence-corrected chi connectivity index (χ3v) is 4.68. The molecular weight excluding hydrogens is 294 g/mol. The molecule has 1 amide bonds. The summed E-state index contributed by atoms with van der Waals surface area (Å²) >= 11 is 0. The van der Waals surface area contributed by atoms with Gasteiger partial charge in [-0.15, -0.1) is 0 Å². The number of ether oxygens (including phenoxy) is 1. The van der Waals surface area contributed by atoms with E-state index in [9.17, 15) is 4.79 Å². The van der Waals surface area contributed by atoms with Crippen LogP contribution in [0.5, 0.6) is 0 Å². The predicted octanol–water partition coefficient (Wildman–Crippen LogP) is 0.323. The summed E-state index contributed by atoms with van der Waals surface area (Å²) in [4.78, 5) is 14.4. The first-order valence-corrected chi connectivity index (χ1v) is 8.53. The highest BCUT2D eigenvalue weighted by Gasteiger charge is 2.24. The van der Waals surface area contributed by atoms with Crippen LogP contribution in [0, 0.1) is 6.92 Å². The van der Waals surface area contributed by atoms with Gasteiger partial charge in [0.05, 0.1) is 24.9 Å². The van der Waals surface area contributed by atoms with E-state index in [1.54, 1.807) is 0 Å². The zero-order valence-corrected chi connectivity index (χ0v) is 14.1. The standard InChI is InChI=1S/C16H27N5O2/c1-12-13(11-18-14-5-3-4-6-17-15(14)22)16(20(2)19-12)21-7-9-23-10-8-21/h14,18H,3-11H2,1-2H3,(H,17,22)/t14-/m0/s1. The highest BCUT2D eigenvalue weighted by molar-refractivity contribution is 5.81. The number of amides is 1. The molecule has 0 unspecified atom stereocenters. The second-order valence-corrected chi connectivity index (χ2v) is 6.33. The van der Waals surface area contributed by atoms with Gasteiger partial charge in [0.2, 0.25) is 5.91 Å². The Balaban J connectivity index is 1.72. The fourth-order valence-corrected chi connectivity index (χ4v) is 3.43. The van der Waals surface area contributed by atoms with Crippen LogP contribution in [0.25, 0.3) is 0 Å². The summed E-state index contributed by atoms with van der Waals surface area (Å²) in [5, 5.41) is 11.0. The maximum Gasteiger partial charge on any atom is 0.237 e. The highest BCUT2D eigenvalue weighted by Crippen LogP contribution is 2.24. The van der Waals surface area contributed by atoms with E-state index in [2.05, 4.69) is 20.6 Å². The van der Waals surface area contributed by atoms with Gasteiger partial charge in [-0.2, -0.15) is 5.10 Å². The van der Waals surface area contributed by atoms with Crippen LogP contribution in [-0.4, -0.2) is 54.6 Å². The first-order chi connectivity index (χ1) is 11.2. The van der Waals surface area contributed by atoms with Crippen LogP contribution in [-0.2, 0) is 23.1 Å². The smallest absolute Gasteiger partial charge is 0.237 e. The van der Waals surface area contributed by atoms with Crippen molar-refractivity contribution in [2.24, 2.45) is 7.05 Å². The summed E-state index contributed by atoms with van der Waals surface area (Å²) < 4.78 is 7.40. The number of hydrogen-bond acceptors (Lipinski definition) is 5. The van der Waals surface area contributed by atoms with Crippen molar-refractivity contribution in [2.45, 2.75) is 38.8 Å². The molecule has 0 aliphatic carbocycles. The molecule has 1 aromatic heterocycles. The van der Waals surface area contributed by atoms with Gasteiger partial charge in [-0.05, 0) is 26.2 Å². The molecule has 0 radical (unpaired) electrons. The highest BCUT2D eigenvalue weighted by atomic mass is 16.5. The first-order valence-electron chi connectivity index (χ1n) is 8.53. The zero-order chi connectivity index (χ0) is 16.2. The van der Waals surface area contributed by atoms with Crippen molar-refractivity contribution in [3.63, 3.8) is 0 Å². The van der Waals surface area contributed by atoms with Gasteiger partial charge in [-0.25, -0.2) is 0 Å². The molecule has 0 saturated carbocycles. The molecule has 0 bridgehead atoms. The fourth-order valence-electron chi connectivity index (χ4n) is 3.43. The predicted molar refractivity (Wildman–Crippen MR) is 88.5 cm³/mol. The van der Waals surface area contributed by atoms with E-state index in [1.807, 2.05) is 18.7 Å². The summed E-state index contributed by atoms with van der Waals surface area (Å²) in [7, 11) is 1.99. The van der Waals surface area contributed by atoms with Crippen LogP contribution < -0.4 is 15.5 Å².